The molecule has 0 saturated carbocycles. The van der Waals surface area contributed by atoms with E-state index in [-0.39, 0.29) is 6.04 Å². The summed E-state index contributed by atoms with van der Waals surface area (Å²) >= 11 is 0. The molecule has 1 N–H and O–H groups in total. The highest BCUT2D eigenvalue weighted by molar-refractivity contribution is 5.32. The molecule has 1 unspecified atom stereocenters. The van der Waals surface area contributed by atoms with Gasteiger partial charge in [0.1, 0.15) is 0 Å². The van der Waals surface area contributed by atoms with Crippen LogP contribution in [-0.2, 0) is 6.54 Å². The third kappa shape index (κ3) is 2.24. The van der Waals surface area contributed by atoms with E-state index in [1.165, 1.54) is 5.56 Å². The molecule has 2 aromatic rings. The van der Waals surface area contributed by atoms with Crippen molar-refractivity contribution in [1.29, 1.82) is 0 Å². The molecule has 1 atom stereocenters. The number of nitrogens with one attached hydrogen (secondary N) is 1. The minimum absolute atomic E-state index is 0.272. The van der Waals surface area contributed by atoms with Gasteiger partial charge in [-0.25, -0.2) is 4.98 Å². The summed E-state index contributed by atoms with van der Waals surface area (Å²) < 4.78 is 2.10. The van der Waals surface area contributed by atoms with Crippen LogP contribution in [0.3, 0.4) is 0 Å². The van der Waals surface area contributed by atoms with E-state index in [0.29, 0.717) is 0 Å². The first-order valence-electron chi connectivity index (χ1n) is 5.64. The summed E-state index contributed by atoms with van der Waals surface area (Å²) in [4.78, 5) is 4.30. The van der Waals surface area contributed by atoms with E-state index in [2.05, 4.69) is 53.0 Å². The highest BCUT2D eigenvalue weighted by Gasteiger charge is 2.07. The van der Waals surface area contributed by atoms with Gasteiger partial charge in [0.15, 0.2) is 0 Å². The summed E-state index contributed by atoms with van der Waals surface area (Å²) in [5.41, 5.74) is 1.27. The van der Waals surface area contributed by atoms with Gasteiger partial charge in [-0.2, -0.15) is 0 Å². The highest BCUT2D eigenvalue weighted by Crippen LogP contribution is 2.17. The maximum absolute atomic E-state index is 4.30. The van der Waals surface area contributed by atoms with Crippen LogP contribution in [-0.4, -0.2) is 9.55 Å². The van der Waals surface area contributed by atoms with Crippen molar-refractivity contribution < 1.29 is 0 Å². The molecular weight excluding hydrogens is 198 g/mol. The molecule has 0 amide bonds. The number of aryl methyl sites for hydroxylation is 1. The van der Waals surface area contributed by atoms with E-state index >= 15 is 0 Å². The summed E-state index contributed by atoms with van der Waals surface area (Å²) in [6, 6.07) is 10.7. The molecule has 0 aliphatic carbocycles. The first-order chi connectivity index (χ1) is 7.81. The average molecular weight is 215 g/mol. The molecule has 16 heavy (non-hydrogen) atoms. The van der Waals surface area contributed by atoms with Gasteiger partial charge < -0.3 is 9.88 Å². The Morgan fingerprint density at radius 1 is 1.31 bits per heavy atom. The van der Waals surface area contributed by atoms with E-state index in [1.807, 2.05) is 18.5 Å². The van der Waals surface area contributed by atoms with Gasteiger partial charge in [-0.05, 0) is 19.4 Å². The third-order valence-electron chi connectivity index (χ3n) is 2.70. The van der Waals surface area contributed by atoms with Crippen molar-refractivity contribution in [3.05, 3.63) is 48.3 Å². The number of hydrogen-bond donors (Lipinski definition) is 1. The molecule has 2 rings (SSSR count). The zero-order valence-corrected chi connectivity index (χ0v) is 9.72. The second-order valence-electron chi connectivity index (χ2n) is 3.81. The van der Waals surface area contributed by atoms with Crippen LogP contribution in [0.5, 0.6) is 0 Å². The van der Waals surface area contributed by atoms with Gasteiger partial charge in [-0.3, -0.25) is 0 Å². The molecule has 0 spiro atoms. The van der Waals surface area contributed by atoms with Gasteiger partial charge in [0.05, 0.1) is 6.04 Å². The summed E-state index contributed by atoms with van der Waals surface area (Å²) in [5.74, 6) is 0.929. The van der Waals surface area contributed by atoms with Crippen molar-refractivity contribution in [2.45, 2.75) is 26.4 Å². The lowest BCUT2D eigenvalue weighted by atomic mass is 10.1. The fraction of sp³-hybridized carbons (Fsp3) is 0.308. The molecule has 0 aliphatic heterocycles. The first kappa shape index (κ1) is 10.7. The molecule has 3 heteroatoms. The Bertz CT molecular complexity index is 433. The molecule has 84 valence electrons. The van der Waals surface area contributed by atoms with Crippen molar-refractivity contribution >= 4 is 5.95 Å². The highest BCUT2D eigenvalue weighted by atomic mass is 15.2. The summed E-state index contributed by atoms with van der Waals surface area (Å²) in [5, 5.41) is 3.41. The van der Waals surface area contributed by atoms with Crippen molar-refractivity contribution in [2.75, 3.05) is 5.32 Å². The van der Waals surface area contributed by atoms with Gasteiger partial charge in [-0.15, -0.1) is 0 Å². The van der Waals surface area contributed by atoms with Crippen LogP contribution in [0, 0.1) is 0 Å². The van der Waals surface area contributed by atoms with Crippen LogP contribution >= 0.6 is 0 Å². The van der Waals surface area contributed by atoms with E-state index in [9.17, 15) is 0 Å². The fourth-order valence-electron chi connectivity index (χ4n) is 1.72. The van der Waals surface area contributed by atoms with Gasteiger partial charge >= 0.3 is 0 Å². The second kappa shape index (κ2) is 4.84. The van der Waals surface area contributed by atoms with E-state index in [4.69, 9.17) is 0 Å². The van der Waals surface area contributed by atoms with Crippen LogP contribution in [0.1, 0.15) is 25.5 Å². The maximum atomic E-state index is 4.30. The Morgan fingerprint density at radius 3 is 2.75 bits per heavy atom. The molecule has 0 saturated heterocycles. The number of aromatic nitrogens is 2. The smallest absolute Gasteiger partial charge is 0.203 e. The first-order valence-corrected chi connectivity index (χ1v) is 5.64. The zero-order valence-electron chi connectivity index (χ0n) is 9.72. The lowest BCUT2D eigenvalue weighted by Gasteiger charge is -2.15. The molecule has 1 aromatic heterocycles. The number of benzene rings is 1. The van der Waals surface area contributed by atoms with Gasteiger partial charge in [0, 0.05) is 18.9 Å². The largest absolute Gasteiger partial charge is 0.349 e. The normalized spacial score (nSPS) is 12.4. The van der Waals surface area contributed by atoms with E-state index in [1.54, 1.807) is 0 Å². The fourth-order valence-corrected chi connectivity index (χ4v) is 1.72. The molecule has 0 bridgehead atoms. The Labute approximate surface area is 96.1 Å². The Hall–Kier alpha value is -1.77. The molecule has 0 fully saturated rings. The molecule has 0 radical (unpaired) electrons. The monoisotopic (exact) mass is 215 g/mol. The molecular formula is C13H17N3. The zero-order chi connectivity index (χ0) is 11.4. The minimum atomic E-state index is 0.272. The van der Waals surface area contributed by atoms with E-state index in [0.717, 1.165) is 12.5 Å². The van der Waals surface area contributed by atoms with Crippen LogP contribution in [0.25, 0.3) is 0 Å². The third-order valence-corrected chi connectivity index (χ3v) is 2.70. The number of imidazole rings is 1. The van der Waals surface area contributed by atoms with Crippen molar-refractivity contribution in [2.24, 2.45) is 0 Å². The Morgan fingerprint density at radius 2 is 2.06 bits per heavy atom. The predicted molar refractivity (Wildman–Crippen MR) is 66.4 cm³/mol. The summed E-state index contributed by atoms with van der Waals surface area (Å²) in [6.45, 7) is 5.19. The van der Waals surface area contributed by atoms with Crippen molar-refractivity contribution in [1.82, 2.24) is 9.55 Å². The standard InChI is InChI=1S/C13H17N3/c1-3-16-10-9-14-13(16)15-11(2)12-7-5-4-6-8-12/h4-11H,3H2,1-2H3,(H,14,15). The second-order valence-corrected chi connectivity index (χ2v) is 3.81. The lowest BCUT2D eigenvalue weighted by Crippen LogP contribution is -2.11. The summed E-state index contributed by atoms with van der Waals surface area (Å²) in [7, 11) is 0. The van der Waals surface area contributed by atoms with Gasteiger partial charge in [-0.1, -0.05) is 30.3 Å². The van der Waals surface area contributed by atoms with Crippen LogP contribution in [0.2, 0.25) is 0 Å². The number of nitrogens with zero attached hydrogens (tertiary/aromatic N) is 2. The van der Waals surface area contributed by atoms with Crippen LogP contribution in [0.15, 0.2) is 42.7 Å². The SMILES string of the molecule is CCn1ccnc1NC(C)c1ccccc1. The number of hydrogen-bond acceptors (Lipinski definition) is 2. The molecule has 0 aliphatic rings. The Balaban J connectivity index is 2.11. The summed E-state index contributed by atoms with van der Waals surface area (Å²) in [6.07, 6.45) is 3.81. The minimum Gasteiger partial charge on any atom is -0.349 e. The van der Waals surface area contributed by atoms with Crippen LogP contribution in [0.4, 0.5) is 5.95 Å². The van der Waals surface area contributed by atoms with Crippen molar-refractivity contribution in [3.63, 3.8) is 0 Å². The number of rotatable bonds is 4. The number of anilines is 1. The quantitative estimate of drug-likeness (QED) is 0.849. The average Bonchev–Trinajstić information content (AvgIpc) is 2.77. The van der Waals surface area contributed by atoms with Gasteiger partial charge in [0.25, 0.3) is 0 Å². The van der Waals surface area contributed by atoms with E-state index < -0.39 is 0 Å². The van der Waals surface area contributed by atoms with Gasteiger partial charge in [0.2, 0.25) is 5.95 Å². The maximum Gasteiger partial charge on any atom is 0.203 e. The molecule has 1 heterocycles. The molecule has 3 nitrogen and oxygen atoms in total. The molecule has 1 aromatic carbocycles. The van der Waals surface area contributed by atoms with Crippen molar-refractivity contribution in [3.8, 4) is 0 Å². The Kier molecular flexibility index (Phi) is 3.25. The van der Waals surface area contributed by atoms with Crippen LogP contribution < -0.4 is 5.32 Å². The predicted octanol–water partition coefficient (Wildman–Crippen LogP) is 3.08. The topological polar surface area (TPSA) is 29.9 Å². The lowest BCUT2D eigenvalue weighted by molar-refractivity contribution is 0.744.